The van der Waals surface area contributed by atoms with E-state index in [0.717, 1.165) is 9.87 Å². The second-order valence-corrected chi connectivity index (χ2v) is 10.1. The summed E-state index contributed by atoms with van der Waals surface area (Å²) in [7, 11) is -2.80. The third kappa shape index (κ3) is 5.40. The Kier molecular flexibility index (Phi) is 7.64. The van der Waals surface area contributed by atoms with Gasteiger partial charge in [-0.2, -0.15) is 0 Å². The maximum Gasteiger partial charge on any atom is 0.338 e. The molecule has 0 bridgehead atoms. The lowest BCUT2D eigenvalue weighted by molar-refractivity contribution is -0.114. The van der Waals surface area contributed by atoms with E-state index in [1.165, 1.54) is 19.2 Å². The standard InChI is InChI=1S/C25H25ClN2O5S/c1-16-8-11-20(12-9-16)34(31,32)28(23-13-10-19(26)14-17(23)2)15-24(29)27-22-7-5-6-21(18(22)3)25(30)33-4/h5-14H,15H2,1-4H3,(H,27,29). The molecule has 1 N–H and O–H groups in total. The molecule has 0 heterocycles. The molecule has 3 aromatic rings. The molecule has 0 aliphatic carbocycles. The number of carbonyl (C=O) groups is 2. The van der Waals surface area contributed by atoms with E-state index in [2.05, 4.69) is 5.32 Å². The van der Waals surface area contributed by atoms with Gasteiger partial charge in [0.1, 0.15) is 6.54 Å². The van der Waals surface area contributed by atoms with Crippen molar-refractivity contribution in [3.63, 3.8) is 0 Å². The zero-order chi connectivity index (χ0) is 25.0. The minimum atomic E-state index is -4.07. The highest BCUT2D eigenvalue weighted by molar-refractivity contribution is 7.92. The van der Waals surface area contributed by atoms with E-state index in [1.807, 2.05) is 6.92 Å². The number of amides is 1. The second-order valence-electron chi connectivity index (χ2n) is 7.77. The molecule has 3 rings (SSSR count). The Labute approximate surface area is 204 Å². The van der Waals surface area contributed by atoms with Gasteiger partial charge in [-0.1, -0.05) is 35.4 Å². The first kappa shape index (κ1) is 25.3. The first-order valence-corrected chi connectivity index (χ1v) is 12.2. The number of hydrogen-bond acceptors (Lipinski definition) is 5. The summed E-state index contributed by atoms with van der Waals surface area (Å²) >= 11 is 6.07. The number of methoxy groups -OCH3 is 1. The monoisotopic (exact) mass is 500 g/mol. The van der Waals surface area contributed by atoms with Gasteiger partial charge in [0, 0.05) is 10.7 Å². The molecule has 0 aliphatic heterocycles. The van der Waals surface area contributed by atoms with E-state index < -0.39 is 28.4 Å². The predicted octanol–water partition coefficient (Wildman–Crippen LogP) is 4.89. The number of nitrogens with one attached hydrogen (secondary N) is 1. The van der Waals surface area contributed by atoms with Crippen LogP contribution in [0.4, 0.5) is 11.4 Å². The van der Waals surface area contributed by atoms with Crippen LogP contribution in [0.5, 0.6) is 0 Å². The predicted molar refractivity (Wildman–Crippen MR) is 133 cm³/mol. The summed E-state index contributed by atoms with van der Waals surface area (Å²) in [6.45, 7) is 4.77. The van der Waals surface area contributed by atoms with Crippen LogP contribution >= 0.6 is 11.6 Å². The molecule has 9 heteroatoms. The van der Waals surface area contributed by atoms with Gasteiger partial charge >= 0.3 is 5.97 Å². The summed E-state index contributed by atoms with van der Waals surface area (Å²) in [4.78, 5) is 25.1. The number of anilines is 2. The molecule has 1 amide bonds. The molecule has 0 atom stereocenters. The number of benzene rings is 3. The molecule has 0 unspecified atom stereocenters. The summed E-state index contributed by atoms with van der Waals surface area (Å²) in [5.41, 5.74) is 3.04. The molecule has 0 saturated carbocycles. The van der Waals surface area contributed by atoms with Crippen LogP contribution in [0, 0.1) is 20.8 Å². The zero-order valence-electron chi connectivity index (χ0n) is 19.3. The smallest absolute Gasteiger partial charge is 0.338 e. The number of rotatable bonds is 7. The minimum absolute atomic E-state index is 0.0594. The van der Waals surface area contributed by atoms with Crippen molar-refractivity contribution in [2.75, 3.05) is 23.3 Å². The van der Waals surface area contributed by atoms with E-state index in [4.69, 9.17) is 16.3 Å². The normalized spacial score (nSPS) is 11.1. The lowest BCUT2D eigenvalue weighted by atomic mass is 10.1. The molecule has 178 valence electrons. The molecule has 0 aromatic heterocycles. The number of aryl methyl sites for hydroxylation is 2. The Morgan fingerprint density at radius 2 is 1.68 bits per heavy atom. The molecule has 34 heavy (non-hydrogen) atoms. The van der Waals surface area contributed by atoms with Gasteiger partial charge in [-0.25, -0.2) is 13.2 Å². The van der Waals surface area contributed by atoms with Crippen molar-refractivity contribution in [3.05, 3.63) is 87.9 Å². The van der Waals surface area contributed by atoms with E-state index in [1.54, 1.807) is 62.4 Å². The summed E-state index contributed by atoms with van der Waals surface area (Å²) in [5, 5.41) is 3.17. The summed E-state index contributed by atoms with van der Waals surface area (Å²) in [5.74, 6) is -1.11. The highest BCUT2D eigenvalue weighted by Crippen LogP contribution is 2.29. The third-order valence-corrected chi connectivity index (χ3v) is 7.35. The van der Waals surface area contributed by atoms with Crippen molar-refractivity contribution in [2.24, 2.45) is 0 Å². The number of sulfonamides is 1. The fourth-order valence-corrected chi connectivity index (χ4v) is 5.17. The quantitative estimate of drug-likeness (QED) is 0.466. The topological polar surface area (TPSA) is 92.8 Å². The van der Waals surface area contributed by atoms with Gasteiger partial charge < -0.3 is 10.1 Å². The Morgan fingerprint density at radius 3 is 2.29 bits per heavy atom. The average molecular weight is 501 g/mol. The largest absolute Gasteiger partial charge is 0.465 e. The molecule has 7 nitrogen and oxygen atoms in total. The lowest BCUT2D eigenvalue weighted by Gasteiger charge is -2.26. The molecule has 0 saturated heterocycles. The van der Waals surface area contributed by atoms with Crippen LogP contribution < -0.4 is 9.62 Å². The highest BCUT2D eigenvalue weighted by Gasteiger charge is 2.28. The van der Waals surface area contributed by atoms with Gasteiger partial charge in [0.05, 0.1) is 23.3 Å². The van der Waals surface area contributed by atoms with Crippen LogP contribution in [0.15, 0.2) is 65.6 Å². The van der Waals surface area contributed by atoms with Crippen LogP contribution in [-0.4, -0.2) is 33.9 Å². The summed E-state index contributed by atoms with van der Waals surface area (Å²) < 4.78 is 33.0. The van der Waals surface area contributed by atoms with Gasteiger partial charge in [0.15, 0.2) is 0 Å². The van der Waals surface area contributed by atoms with E-state index in [-0.39, 0.29) is 4.90 Å². The van der Waals surface area contributed by atoms with Gasteiger partial charge in [-0.3, -0.25) is 9.10 Å². The van der Waals surface area contributed by atoms with Crippen molar-refractivity contribution in [1.29, 1.82) is 0 Å². The first-order valence-electron chi connectivity index (χ1n) is 10.4. The molecule has 0 fully saturated rings. The van der Waals surface area contributed by atoms with Crippen molar-refractivity contribution in [2.45, 2.75) is 25.7 Å². The summed E-state index contributed by atoms with van der Waals surface area (Å²) in [6.07, 6.45) is 0. The van der Waals surface area contributed by atoms with Crippen LogP contribution in [-0.2, 0) is 19.6 Å². The van der Waals surface area contributed by atoms with Crippen molar-refractivity contribution in [3.8, 4) is 0 Å². The lowest BCUT2D eigenvalue weighted by Crippen LogP contribution is -2.38. The van der Waals surface area contributed by atoms with Crippen LogP contribution in [0.3, 0.4) is 0 Å². The fraction of sp³-hybridized carbons (Fsp3) is 0.200. The maximum absolute atomic E-state index is 13.6. The number of hydrogen-bond donors (Lipinski definition) is 1. The Morgan fingerprint density at radius 1 is 1.00 bits per heavy atom. The van der Waals surface area contributed by atoms with Gasteiger partial charge in [0.2, 0.25) is 5.91 Å². The first-order chi connectivity index (χ1) is 16.0. The number of halogens is 1. The van der Waals surface area contributed by atoms with E-state index >= 15 is 0 Å². The van der Waals surface area contributed by atoms with Gasteiger partial charge in [-0.15, -0.1) is 0 Å². The van der Waals surface area contributed by atoms with E-state index in [9.17, 15) is 18.0 Å². The molecule has 0 spiro atoms. The fourth-order valence-electron chi connectivity index (χ4n) is 3.46. The van der Waals surface area contributed by atoms with Crippen molar-refractivity contribution >= 4 is 44.9 Å². The highest BCUT2D eigenvalue weighted by atomic mass is 35.5. The van der Waals surface area contributed by atoms with Crippen molar-refractivity contribution < 1.29 is 22.7 Å². The van der Waals surface area contributed by atoms with Crippen molar-refractivity contribution in [1.82, 2.24) is 0 Å². The number of nitrogens with zero attached hydrogens (tertiary/aromatic N) is 1. The van der Waals surface area contributed by atoms with Crippen LogP contribution in [0.1, 0.15) is 27.0 Å². The summed E-state index contributed by atoms with van der Waals surface area (Å²) in [6, 6.07) is 16.0. The van der Waals surface area contributed by atoms with Gasteiger partial charge in [0.25, 0.3) is 10.0 Å². The van der Waals surface area contributed by atoms with Crippen LogP contribution in [0.2, 0.25) is 5.02 Å². The molecule has 0 aliphatic rings. The number of esters is 1. The molecule has 3 aromatic carbocycles. The minimum Gasteiger partial charge on any atom is -0.465 e. The zero-order valence-corrected chi connectivity index (χ0v) is 20.8. The molecule has 0 radical (unpaired) electrons. The Balaban J connectivity index is 1.99. The molecular formula is C25H25ClN2O5S. The number of carbonyl (C=O) groups excluding carboxylic acids is 2. The average Bonchev–Trinajstić information content (AvgIpc) is 2.79. The second kappa shape index (κ2) is 10.3. The third-order valence-electron chi connectivity index (χ3n) is 5.34. The maximum atomic E-state index is 13.6. The van der Waals surface area contributed by atoms with Gasteiger partial charge in [-0.05, 0) is 74.4 Å². The molecular weight excluding hydrogens is 476 g/mol. The van der Waals surface area contributed by atoms with E-state index in [0.29, 0.717) is 33.1 Å². The SMILES string of the molecule is COC(=O)c1cccc(NC(=O)CN(c2ccc(Cl)cc2C)S(=O)(=O)c2ccc(C)cc2)c1C. The van der Waals surface area contributed by atoms with Crippen LogP contribution in [0.25, 0.3) is 0 Å². The Hall–Kier alpha value is -3.36. The Bertz CT molecular complexity index is 1340. The number of ether oxygens (including phenoxy) is 1.